The molecular formula is C12H13NO2. The molecule has 1 N–H and O–H groups in total. The van der Waals surface area contributed by atoms with E-state index in [1.165, 1.54) is 6.92 Å². The zero-order valence-corrected chi connectivity index (χ0v) is 9.05. The molecule has 0 saturated carbocycles. The van der Waals surface area contributed by atoms with Gasteiger partial charge < -0.3 is 9.72 Å². The van der Waals surface area contributed by atoms with E-state index < -0.39 is 0 Å². The molecule has 0 bridgehead atoms. The van der Waals surface area contributed by atoms with Crippen molar-refractivity contribution in [1.82, 2.24) is 4.98 Å². The molecular weight excluding hydrogens is 190 g/mol. The van der Waals surface area contributed by atoms with Gasteiger partial charge in [-0.1, -0.05) is 0 Å². The minimum atomic E-state index is -0.291. The highest BCUT2D eigenvalue weighted by Crippen LogP contribution is 2.25. The van der Waals surface area contributed by atoms with Gasteiger partial charge in [-0.3, -0.25) is 4.79 Å². The van der Waals surface area contributed by atoms with Crippen molar-refractivity contribution >= 4 is 16.9 Å². The summed E-state index contributed by atoms with van der Waals surface area (Å²) in [6, 6.07) is 5.77. The van der Waals surface area contributed by atoms with Crippen molar-refractivity contribution in [2.75, 3.05) is 0 Å². The minimum Gasteiger partial charge on any atom is -0.427 e. The van der Waals surface area contributed by atoms with E-state index in [0.29, 0.717) is 5.75 Å². The van der Waals surface area contributed by atoms with Crippen LogP contribution in [-0.2, 0) is 4.79 Å². The molecule has 0 aliphatic carbocycles. The molecule has 0 fully saturated rings. The number of hydrogen-bond acceptors (Lipinski definition) is 2. The van der Waals surface area contributed by atoms with Crippen LogP contribution in [0.5, 0.6) is 5.75 Å². The Morgan fingerprint density at radius 1 is 1.27 bits per heavy atom. The molecule has 0 unspecified atom stereocenters. The van der Waals surface area contributed by atoms with Crippen LogP contribution in [0.3, 0.4) is 0 Å². The Morgan fingerprint density at radius 2 is 2.00 bits per heavy atom. The van der Waals surface area contributed by atoms with Gasteiger partial charge in [-0.05, 0) is 37.6 Å². The lowest BCUT2D eigenvalue weighted by atomic mass is 10.1. The molecule has 0 aliphatic heterocycles. The fourth-order valence-electron chi connectivity index (χ4n) is 1.76. The van der Waals surface area contributed by atoms with E-state index in [9.17, 15) is 4.79 Å². The molecule has 2 rings (SSSR count). The van der Waals surface area contributed by atoms with Crippen molar-refractivity contribution in [3.05, 3.63) is 29.5 Å². The third-order valence-corrected chi connectivity index (χ3v) is 2.30. The number of aromatic amines is 1. The Labute approximate surface area is 88.1 Å². The SMILES string of the molecule is CC(=O)Oc1cc(C)c2[nH]c(C)cc2c1. The van der Waals surface area contributed by atoms with Gasteiger partial charge in [-0.15, -0.1) is 0 Å². The average Bonchev–Trinajstić information content (AvgIpc) is 2.44. The first kappa shape index (κ1) is 9.77. The minimum absolute atomic E-state index is 0.291. The Bertz CT molecular complexity index is 526. The van der Waals surface area contributed by atoms with Crippen LogP contribution in [-0.4, -0.2) is 11.0 Å². The molecule has 15 heavy (non-hydrogen) atoms. The third-order valence-electron chi connectivity index (χ3n) is 2.30. The molecule has 1 heterocycles. The van der Waals surface area contributed by atoms with Gasteiger partial charge in [0, 0.05) is 23.5 Å². The summed E-state index contributed by atoms with van der Waals surface area (Å²) in [6.45, 7) is 5.40. The number of esters is 1. The predicted molar refractivity (Wildman–Crippen MR) is 59.1 cm³/mol. The van der Waals surface area contributed by atoms with Gasteiger partial charge in [0.2, 0.25) is 0 Å². The Kier molecular flexibility index (Phi) is 2.23. The van der Waals surface area contributed by atoms with Gasteiger partial charge in [0.25, 0.3) is 0 Å². The normalized spacial score (nSPS) is 10.6. The topological polar surface area (TPSA) is 42.1 Å². The Morgan fingerprint density at radius 3 is 2.67 bits per heavy atom. The molecule has 0 amide bonds. The first-order chi connectivity index (χ1) is 7.06. The molecule has 2 aromatic rings. The lowest BCUT2D eigenvalue weighted by Crippen LogP contribution is -2.01. The number of nitrogens with one attached hydrogen (secondary N) is 1. The number of fused-ring (bicyclic) bond motifs is 1. The summed E-state index contributed by atoms with van der Waals surface area (Å²) in [5.74, 6) is 0.313. The Hall–Kier alpha value is -1.77. The van der Waals surface area contributed by atoms with Gasteiger partial charge in [0.15, 0.2) is 0 Å². The molecule has 0 radical (unpaired) electrons. The molecule has 3 nitrogen and oxygen atoms in total. The van der Waals surface area contributed by atoms with Crippen LogP contribution in [0.15, 0.2) is 18.2 Å². The van der Waals surface area contributed by atoms with E-state index in [1.54, 1.807) is 0 Å². The average molecular weight is 203 g/mol. The first-order valence-electron chi connectivity index (χ1n) is 4.84. The van der Waals surface area contributed by atoms with Crippen molar-refractivity contribution in [3.8, 4) is 5.75 Å². The van der Waals surface area contributed by atoms with Crippen molar-refractivity contribution in [2.45, 2.75) is 20.8 Å². The zero-order chi connectivity index (χ0) is 11.0. The molecule has 0 spiro atoms. The second-order valence-electron chi connectivity index (χ2n) is 3.75. The molecule has 3 heteroatoms. The summed E-state index contributed by atoms with van der Waals surface area (Å²) in [7, 11) is 0. The molecule has 0 saturated heterocycles. The second kappa shape index (κ2) is 3.42. The maximum atomic E-state index is 10.8. The van der Waals surface area contributed by atoms with E-state index in [0.717, 1.165) is 22.2 Å². The number of hydrogen-bond donors (Lipinski definition) is 1. The summed E-state index contributed by atoms with van der Waals surface area (Å²) >= 11 is 0. The second-order valence-corrected chi connectivity index (χ2v) is 3.75. The summed E-state index contributed by atoms with van der Waals surface area (Å²) in [4.78, 5) is 14.1. The van der Waals surface area contributed by atoms with Crippen LogP contribution in [0.2, 0.25) is 0 Å². The number of aryl methyl sites for hydroxylation is 2. The fraction of sp³-hybridized carbons (Fsp3) is 0.250. The van der Waals surface area contributed by atoms with Gasteiger partial charge in [-0.25, -0.2) is 0 Å². The summed E-state index contributed by atoms with van der Waals surface area (Å²) in [6.07, 6.45) is 0. The van der Waals surface area contributed by atoms with E-state index in [1.807, 2.05) is 32.0 Å². The van der Waals surface area contributed by atoms with E-state index in [-0.39, 0.29) is 5.97 Å². The van der Waals surface area contributed by atoms with Crippen molar-refractivity contribution in [2.24, 2.45) is 0 Å². The van der Waals surface area contributed by atoms with Gasteiger partial charge >= 0.3 is 5.97 Å². The number of benzene rings is 1. The van der Waals surface area contributed by atoms with Crippen LogP contribution < -0.4 is 4.74 Å². The number of H-pyrrole nitrogens is 1. The van der Waals surface area contributed by atoms with Crippen LogP contribution in [0, 0.1) is 13.8 Å². The zero-order valence-electron chi connectivity index (χ0n) is 9.05. The fourth-order valence-corrected chi connectivity index (χ4v) is 1.76. The lowest BCUT2D eigenvalue weighted by molar-refractivity contribution is -0.131. The van der Waals surface area contributed by atoms with Crippen LogP contribution >= 0.6 is 0 Å². The lowest BCUT2D eigenvalue weighted by Gasteiger charge is -2.03. The highest BCUT2D eigenvalue weighted by atomic mass is 16.5. The summed E-state index contributed by atoms with van der Waals surface area (Å²) < 4.78 is 5.06. The highest BCUT2D eigenvalue weighted by Gasteiger charge is 2.05. The van der Waals surface area contributed by atoms with Gasteiger partial charge in [0.05, 0.1) is 0 Å². The number of ether oxygens (including phenoxy) is 1. The summed E-state index contributed by atoms with van der Waals surface area (Å²) in [5, 5.41) is 1.07. The predicted octanol–water partition coefficient (Wildman–Crippen LogP) is 2.71. The van der Waals surface area contributed by atoms with Crippen molar-refractivity contribution in [3.63, 3.8) is 0 Å². The number of aromatic nitrogens is 1. The smallest absolute Gasteiger partial charge is 0.308 e. The van der Waals surface area contributed by atoms with Crippen molar-refractivity contribution in [1.29, 1.82) is 0 Å². The quantitative estimate of drug-likeness (QED) is 0.572. The van der Waals surface area contributed by atoms with Crippen LogP contribution in [0.4, 0.5) is 0 Å². The molecule has 1 aromatic heterocycles. The number of carbonyl (C=O) groups excluding carboxylic acids is 1. The van der Waals surface area contributed by atoms with Gasteiger partial charge in [0.1, 0.15) is 5.75 Å². The molecule has 1 aromatic carbocycles. The Balaban J connectivity index is 2.56. The van der Waals surface area contributed by atoms with E-state index in [4.69, 9.17) is 4.74 Å². The van der Waals surface area contributed by atoms with E-state index >= 15 is 0 Å². The van der Waals surface area contributed by atoms with Crippen LogP contribution in [0.25, 0.3) is 10.9 Å². The van der Waals surface area contributed by atoms with Crippen molar-refractivity contribution < 1.29 is 9.53 Å². The molecule has 0 aliphatic rings. The van der Waals surface area contributed by atoms with E-state index in [2.05, 4.69) is 4.98 Å². The molecule has 0 atom stereocenters. The molecule has 78 valence electrons. The standard InChI is InChI=1S/C12H13NO2/c1-7-4-11(15-9(3)14)6-10-5-8(2)13-12(7)10/h4-6,13H,1-3H3. The maximum absolute atomic E-state index is 10.8. The third kappa shape index (κ3) is 1.86. The number of carbonyl (C=O) groups is 1. The first-order valence-corrected chi connectivity index (χ1v) is 4.84. The maximum Gasteiger partial charge on any atom is 0.308 e. The monoisotopic (exact) mass is 203 g/mol. The van der Waals surface area contributed by atoms with Gasteiger partial charge in [-0.2, -0.15) is 0 Å². The number of rotatable bonds is 1. The van der Waals surface area contributed by atoms with Crippen LogP contribution in [0.1, 0.15) is 18.2 Å². The largest absolute Gasteiger partial charge is 0.427 e. The summed E-state index contributed by atoms with van der Waals surface area (Å²) in [5.41, 5.74) is 3.29. The highest BCUT2D eigenvalue weighted by molar-refractivity contribution is 5.85.